The van der Waals surface area contributed by atoms with Gasteiger partial charge < -0.3 is 5.32 Å². The number of carbonyl (C=O) groups is 1. The van der Waals surface area contributed by atoms with Gasteiger partial charge in [0.15, 0.2) is 0 Å². The molecule has 140 valence electrons. The van der Waals surface area contributed by atoms with E-state index < -0.39 is 10.0 Å². The molecule has 0 atom stereocenters. The van der Waals surface area contributed by atoms with Crippen molar-refractivity contribution in [2.45, 2.75) is 11.4 Å². The van der Waals surface area contributed by atoms with Crippen molar-refractivity contribution in [2.75, 3.05) is 16.7 Å². The van der Waals surface area contributed by atoms with Gasteiger partial charge in [-0.2, -0.15) is 0 Å². The Labute approximate surface area is 163 Å². The molecule has 0 spiro atoms. The first-order chi connectivity index (χ1) is 12.9. The molecular formula is C20H20N2O3S2. The minimum absolute atomic E-state index is 0.0744. The number of thioether (sulfide) groups is 1. The largest absolute Gasteiger partial charge is 0.351 e. The Morgan fingerprint density at radius 3 is 2.52 bits per heavy atom. The van der Waals surface area contributed by atoms with Gasteiger partial charge in [-0.3, -0.25) is 9.52 Å². The SMILES string of the molecule is CS(=O)(=O)Nc1cccc(CNC(=O)CSc2ccc3ccccc3c2)c1. The molecule has 0 unspecified atom stereocenters. The molecule has 3 rings (SSSR count). The number of benzene rings is 3. The molecule has 0 saturated heterocycles. The van der Waals surface area contributed by atoms with Crippen LogP contribution >= 0.6 is 11.8 Å². The predicted octanol–water partition coefficient (Wildman–Crippen LogP) is 3.62. The van der Waals surface area contributed by atoms with Crippen molar-refractivity contribution in [1.82, 2.24) is 5.32 Å². The fourth-order valence-electron chi connectivity index (χ4n) is 2.62. The lowest BCUT2D eigenvalue weighted by molar-refractivity contribution is -0.118. The summed E-state index contributed by atoms with van der Waals surface area (Å²) >= 11 is 1.49. The number of anilines is 1. The predicted molar refractivity (Wildman–Crippen MR) is 111 cm³/mol. The van der Waals surface area contributed by atoms with Gasteiger partial charge in [-0.15, -0.1) is 11.8 Å². The van der Waals surface area contributed by atoms with Crippen molar-refractivity contribution in [3.05, 3.63) is 72.3 Å². The summed E-state index contributed by atoms with van der Waals surface area (Å²) in [6.07, 6.45) is 1.10. The van der Waals surface area contributed by atoms with Gasteiger partial charge in [-0.25, -0.2) is 8.42 Å². The maximum atomic E-state index is 12.1. The summed E-state index contributed by atoms with van der Waals surface area (Å²) in [6.45, 7) is 0.344. The molecule has 0 heterocycles. The molecule has 0 fully saturated rings. The number of hydrogen-bond acceptors (Lipinski definition) is 4. The fraction of sp³-hybridized carbons (Fsp3) is 0.150. The van der Waals surface area contributed by atoms with Gasteiger partial charge in [0, 0.05) is 17.1 Å². The minimum Gasteiger partial charge on any atom is -0.351 e. The first-order valence-electron chi connectivity index (χ1n) is 8.34. The van der Waals surface area contributed by atoms with Crippen LogP contribution in [0, 0.1) is 0 Å². The number of carbonyl (C=O) groups excluding carboxylic acids is 1. The molecule has 1 amide bonds. The molecule has 3 aromatic carbocycles. The number of fused-ring (bicyclic) bond motifs is 1. The maximum Gasteiger partial charge on any atom is 0.230 e. The van der Waals surface area contributed by atoms with E-state index in [4.69, 9.17) is 0 Å². The number of sulfonamides is 1. The van der Waals surface area contributed by atoms with Gasteiger partial charge in [-0.05, 0) is 40.6 Å². The average Bonchev–Trinajstić information content (AvgIpc) is 2.63. The second kappa shape index (κ2) is 8.45. The number of hydrogen-bond donors (Lipinski definition) is 2. The summed E-state index contributed by atoms with van der Waals surface area (Å²) < 4.78 is 25.0. The van der Waals surface area contributed by atoms with E-state index in [0.29, 0.717) is 18.0 Å². The summed E-state index contributed by atoms with van der Waals surface area (Å²) in [5.74, 6) is 0.245. The summed E-state index contributed by atoms with van der Waals surface area (Å²) in [6, 6.07) is 21.2. The highest BCUT2D eigenvalue weighted by atomic mass is 32.2. The van der Waals surface area contributed by atoms with E-state index in [9.17, 15) is 13.2 Å². The van der Waals surface area contributed by atoms with E-state index in [1.165, 1.54) is 17.1 Å². The zero-order valence-electron chi connectivity index (χ0n) is 14.8. The lowest BCUT2D eigenvalue weighted by Gasteiger charge is -2.08. The van der Waals surface area contributed by atoms with Crippen LogP contribution in [0.15, 0.2) is 71.6 Å². The van der Waals surface area contributed by atoms with Gasteiger partial charge in [-0.1, -0.05) is 42.5 Å². The Kier molecular flexibility index (Phi) is 6.03. The van der Waals surface area contributed by atoms with E-state index >= 15 is 0 Å². The highest BCUT2D eigenvalue weighted by Gasteiger charge is 2.06. The fourth-order valence-corrected chi connectivity index (χ4v) is 3.95. The number of rotatable bonds is 7. The van der Waals surface area contributed by atoms with Crippen molar-refractivity contribution in [2.24, 2.45) is 0 Å². The summed E-state index contributed by atoms with van der Waals surface area (Å²) in [5, 5.41) is 5.19. The van der Waals surface area contributed by atoms with Gasteiger partial charge in [0.2, 0.25) is 15.9 Å². The van der Waals surface area contributed by atoms with Crippen molar-refractivity contribution in [1.29, 1.82) is 0 Å². The molecule has 0 saturated carbocycles. The smallest absolute Gasteiger partial charge is 0.230 e. The third kappa shape index (κ3) is 6.01. The molecule has 0 aliphatic heterocycles. The molecule has 5 nitrogen and oxygen atoms in total. The Bertz CT molecular complexity index is 1070. The van der Waals surface area contributed by atoms with Crippen LogP contribution in [0.4, 0.5) is 5.69 Å². The monoisotopic (exact) mass is 400 g/mol. The zero-order chi connectivity index (χ0) is 19.3. The van der Waals surface area contributed by atoms with Crippen LogP contribution < -0.4 is 10.0 Å². The molecule has 2 N–H and O–H groups in total. The number of amides is 1. The van der Waals surface area contributed by atoms with Crippen LogP contribution in [-0.4, -0.2) is 26.3 Å². The zero-order valence-corrected chi connectivity index (χ0v) is 16.4. The molecule has 0 aliphatic rings. The summed E-state index contributed by atoms with van der Waals surface area (Å²) in [5.41, 5.74) is 1.31. The molecule has 0 aliphatic carbocycles. The van der Waals surface area contributed by atoms with Crippen molar-refractivity contribution >= 4 is 44.2 Å². The molecule has 3 aromatic rings. The molecular weight excluding hydrogens is 380 g/mol. The second-order valence-electron chi connectivity index (χ2n) is 6.15. The van der Waals surface area contributed by atoms with Crippen molar-refractivity contribution in [3.8, 4) is 0 Å². The van der Waals surface area contributed by atoms with E-state index in [0.717, 1.165) is 22.1 Å². The van der Waals surface area contributed by atoms with E-state index in [1.54, 1.807) is 18.2 Å². The molecule has 7 heteroatoms. The van der Waals surface area contributed by atoms with Gasteiger partial charge >= 0.3 is 0 Å². The lowest BCUT2D eigenvalue weighted by Crippen LogP contribution is -2.24. The van der Waals surface area contributed by atoms with Crippen LogP contribution in [0.2, 0.25) is 0 Å². The standard InChI is InChI=1S/C20H20N2O3S2/c1-27(24,25)22-18-8-4-5-15(11-18)13-21-20(23)14-26-19-10-9-16-6-2-3-7-17(16)12-19/h2-12,22H,13-14H2,1H3,(H,21,23). The van der Waals surface area contributed by atoms with Crippen LogP contribution in [0.5, 0.6) is 0 Å². The molecule has 0 aromatic heterocycles. The maximum absolute atomic E-state index is 12.1. The van der Waals surface area contributed by atoms with Crippen LogP contribution in [0.1, 0.15) is 5.56 Å². The van der Waals surface area contributed by atoms with Crippen LogP contribution in [0.3, 0.4) is 0 Å². The average molecular weight is 401 g/mol. The van der Waals surface area contributed by atoms with E-state index in [-0.39, 0.29) is 5.91 Å². The third-order valence-electron chi connectivity index (χ3n) is 3.81. The Hall–Kier alpha value is -2.51. The third-order valence-corrected chi connectivity index (χ3v) is 5.41. The van der Waals surface area contributed by atoms with Gasteiger partial charge in [0.25, 0.3) is 0 Å². The molecule has 27 heavy (non-hydrogen) atoms. The molecule has 0 radical (unpaired) electrons. The van der Waals surface area contributed by atoms with Crippen molar-refractivity contribution in [3.63, 3.8) is 0 Å². The quantitative estimate of drug-likeness (QED) is 0.594. The summed E-state index contributed by atoms with van der Waals surface area (Å²) in [7, 11) is -3.32. The minimum atomic E-state index is -3.32. The molecule has 0 bridgehead atoms. The summed E-state index contributed by atoms with van der Waals surface area (Å²) in [4.78, 5) is 13.2. The van der Waals surface area contributed by atoms with Crippen LogP contribution in [0.25, 0.3) is 10.8 Å². The lowest BCUT2D eigenvalue weighted by atomic mass is 10.1. The van der Waals surface area contributed by atoms with E-state index in [2.05, 4.69) is 34.3 Å². The topological polar surface area (TPSA) is 75.3 Å². The highest BCUT2D eigenvalue weighted by molar-refractivity contribution is 8.00. The first kappa shape index (κ1) is 19.3. The van der Waals surface area contributed by atoms with Gasteiger partial charge in [0.05, 0.1) is 12.0 Å². The highest BCUT2D eigenvalue weighted by Crippen LogP contribution is 2.23. The Morgan fingerprint density at radius 2 is 1.74 bits per heavy atom. The van der Waals surface area contributed by atoms with E-state index in [1.807, 2.05) is 24.3 Å². The van der Waals surface area contributed by atoms with Crippen molar-refractivity contribution < 1.29 is 13.2 Å². The Balaban J connectivity index is 1.52. The normalized spacial score (nSPS) is 11.3. The number of nitrogens with one attached hydrogen (secondary N) is 2. The Morgan fingerprint density at radius 1 is 0.963 bits per heavy atom. The second-order valence-corrected chi connectivity index (χ2v) is 8.95. The van der Waals surface area contributed by atoms with Gasteiger partial charge in [0.1, 0.15) is 0 Å². The first-order valence-corrected chi connectivity index (χ1v) is 11.2. The van der Waals surface area contributed by atoms with Crippen LogP contribution in [-0.2, 0) is 21.4 Å².